The van der Waals surface area contributed by atoms with E-state index in [0.29, 0.717) is 11.6 Å². The summed E-state index contributed by atoms with van der Waals surface area (Å²) in [6, 6.07) is 0.494. The van der Waals surface area contributed by atoms with E-state index in [0.717, 1.165) is 19.0 Å². The summed E-state index contributed by atoms with van der Waals surface area (Å²) in [4.78, 5) is 7.28. The van der Waals surface area contributed by atoms with E-state index >= 15 is 0 Å². The zero-order chi connectivity index (χ0) is 13.1. The van der Waals surface area contributed by atoms with Crippen LogP contribution in [0.4, 0.5) is 0 Å². The molecule has 2 aliphatic heterocycles. The zero-order valence-electron chi connectivity index (χ0n) is 12.0. The number of thioether (sulfide) groups is 1. The maximum Gasteiger partial charge on any atom is 0.191 e. The minimum Gasteiger partial charge on any atom is -0.355 e. The van der Waals surface area contributed by atoms with Crippen LogP contribution in [0.15, 0.2) is 4.99 Å². The number of hydrogen-bond donors (Lipinski definition) is 2. The van der Waals surface area contributed by atoms with E-state index in [1.165, 1.54) is 50.3 Å². The molecule has 5 heteroatoms. The maximum atomic E-state index is 4.53. The Labute approximate surface area is 120 Å². The average Bonchev–Trinajstić information content (AvgIpc) is 3.07. The van der Waals surface area contributed by atoms with Crippen molar-refractivity contribution in [3.05, 3.63) is 0 Å². The molecule has 0 aromatic rings. The highest BCUT2D eigenvalue weighted by molar-refractivity contribution is 7.99. The number of nitrogens with one attached hydrogen (secondary N) is 2. The van der Waals surface area contributed by atoms with Crippen LogP contribution in [-0.4, -0.2) is 60.1 Å². The first kappa shape index (κ1) is 13.6. The van der Waals surface area contributed by atoms with Gasteiger partial charge in [0.2, 0.25) is 0 Å². The lowest BCUT2D eigenvalue weighted by Crippen LogP contribution is -2.57. The lowest BCUT2D eigenvalue weighted by molar-refractivity contribution is 0.107. The molecule has 108 valence electrons. The third-order valence-electron chi connectivity index (χ3n) is 4.71. The lowest BCUT2D eigenvalue weighted by Gasteiger charge is -2.43. The quantitative estimate of drug-likeness (QED) is 0.818. The van der Waals surface area contributed by atoms with Crippen LogP contribution in [0.25, 0.3) is 0 Å². The first-order valence-corrected chi connectivity index (χ1v) is 8.82. The molecular formula is C14H26N4S. The van der Waals surface area contributed by atoms with E-state index in [4.69, 9.17) is 0 Å². The van der Waals surface area contributed by atoms with Gasteiger partial charge in [-0.05, 0) is 19.8 Å². The van der Waals surface area contributed by atoms with Gasteiger partial charge in [-0.3, -0.25) is 9.89 Å². The van der Waals surface area contributed by atoms with Gasteiger partial charge in [-0.15, -0.1) is 0 Å². The summed E-state index contributed by atoms with van der Waals surface area (Å²) in [7, 11) is 0. The molecule has 0 aromatic carbocycles. The standard InChI is InChI=1S/C14H26N4S/c1-12-10-15-13(17-12)16-11-14(4-2-3-5-14)18-6-8-19-9-7-18/h12H,2-11H2,1H3,(H2,15,16,17). The van der Waals surface area contributed by atoms with E-state index in [9.17, 15) is 0 Å². The van der Waals surface area contributed by atoms with Gasteiger partial charge in [0.15, 0.2) is 5.96 Å². The smallest absolute Gasteiger partial charge is 0.191 e. The van der Waals surface area contributed by atoms with Crippen LogP contribution in [0, 0.1) is 0 Å². The summed E-state index contributed by atoms with van der Waals surface area (Å²) in [5.74, 6) is 3.63. The van der Waals surface area contributed by atoms with Gasteiger partial charge in [0, 0.05) is 42.7 Å². The SMILES string of the molecule is CC1CN=C(NCC2(N3CCSCC3)CCCC2)N1. The summed E-state index contributed by atoms with van der Waals surface area (Å²) in [6.07, 6.45) is 5.49. The monoisotopic (exact) mass is 282 g/mol. The molecule has 3 aliphatic rings. The Bertz CT molecular complexity index is 332. The summed E-state index contributed by atoms with van der Waals surface area (Å²) < 4.78 is 0. The van der Waals surface area contributed by atoms with Crippen LogP contribution in [0.1, 0.15) is 32.6 Å². The van der Waals surface area contributed by atoms with Crippen molar-refractivity contribution in [2.45, 2.75) is 44.2 Å². The molecule has 2 fully saturated rings. The van der Waals surface area contributed by atoms with Crippen molar-refractivity contribution >= 4 is 17.7 Å². The molecule has 3 rings (SSSR count). The van der Waals surface area contributed by atoms with E-state index < -0.39 is 0 Å². The van der Waals surface area contributed by atoms with E-state index in [1.54, 1.807) is 0 Å². The Morgan fingerprint density at radius 1 is 1.37 bits per heavy atom. The summed E-state index contributed by atoms with van der Waals surface area (Å²) in [5, 5.41) is 7.00. The van der Waals surface area contributed by atoms with Gasteiger partial charge in [-0.2, -0.15) is 11.8 Å². The first-order chi connectivity index (χ1) is 9.28. The van der Waals surface area contributed by atoms with Crippen molar-refractivity contribution in [3.8, 4) is 0 Å². The molecule has 0 spiro atoms. The Kier molecular flexibility index (Phi) is 4.22. The Hall–Kier alpha value is -0.420. The van der Waals surface area contributed by atoms with E-state index in [2.05, 4.69) is 39.2 Å². The van der Waals surface area contributed by atoms with Crippen LogP contribution in [0.5, 0.6) is 0 Å². The molecule has 0 aromatic heterocycles. The maximum absolute atomic E-state index is 4.53. The second-order valence-corrected chi connectivity index (χ2v) is 7.34. The average molecular weight is 282 g/mol. The lowest BCUT2D eigenvalue weighted by atomic mass is 9.94. The van der Waals surface area contributed by atoms with Gasteiger partial charge in [0.1, 0.15) is 0 Å². The highest BCUT2D eigenvalue weighted by atomic mass is 32.2. The van der Waals surface area contributed by atoms with Crippen molar-refractivity contribution in [2.24, 2.45) is 4.99 Å². The van der Waals surface area contributed by atoms with Crippen LogP contribution in [0.2, 0.25) is 0 Å². The zero-order valence-corrected chi connectivity index (χ0v) is 12.8. The molecule has 1 aliphatic carbocycles. The minimum absolute atomic E-state index is 0.400. The highest BCUT2D eigenvalue weighted by Gasteiger charge is 2.40. The molecule has 1 unspecified atom stereocenters. The Morgan fingerprint density at radius 3 is 2.74 bits per heavy atom. The molecule has 1 saturated carbocycles. The summed E-state index contributed by atoms with van der Waals surface area (Å²) in [5.41, 5.74) is 0.400. The largest absolute Gasteiger partial charge is 0.355 e. The molecular weight excluding hydrogens is 256 g/mol. The second-order valence-electron chi connectivity index (χ2n) is 6.12. The third kappa shape index (κ3) is 3.02. The highest BCUT2D eigenvalue weighted by Crippen LogP contribution is 2.36. The van der Waals surface area contributed by atoms with Crippen LogP contribution in [0.3, 0.4) is 0 Å². The van der Waals surface area contributed by atoms with Gasteiger partial charge in [-0.1, -0.05) is 12.8 Å². The van der Waals surface area contributed by atoms with E-state index in [-0.39, 0.29) is 0 Å². The molecule has 4 nitrogen and oxygen atoms in total. The van der Waals surface area contributed by atoms with Crippen molar-refractivity contribution in [1.29, 1.82) is 0 Å². The summed E-state index contributed by atoms with van der Waals surface area (Å²) >= 11 is 2.10. The molecule has 19 heavy (non-hydrogen) atoms. The second kappa shape index (κ2) is 5.92. The Morgan fingerprint density at radius 2 is 2.11 bits per heavy atom. The number of aliphatic imine (C=N–C) groups is 1. The topological polar surface area (TPSA) is 39.7 Å². The molecule has 0 amide bonds. The fraction of sp³-hybridized carbons (Fsp3) is 0.929. The first-order valence-electron chi connectivity index (χ1n) is 7.66. The van der Waals surface area contributed by atoms with Crippen LogP contribution < -0.4 is 10.6 Å². The predicted octanol–water partition coefficient (Wildman–Crippen LogP) is 1.29. The Balaban J connectivity index is 1.60. The molecule has 1 saturated heterocycles. The van der Waals surface area contributed by atoms with Crippen molar-refractivity contribution in [3.63, 3.8) is 0 Å². The molecule has 1 atom stereocenters. The van der Waals surface area contributed by atoms with Gasteiger partial charge < -0.3 is 10.6 Å². The van der Waals surface area contributed by atoms with E-state index in [1.807, 2.05) is 0 Å². The van der Waals surface area contributed by atoms with Gasteiger partial charge >= 0.3 is 0 Å². The molecule has 0 radical (unpaired) electrons. The fourth-order valence-electron chi connectivity index (χ4n) is 3.58. The molecule has 2 N–H and O–H groups in total. The predicted molar refractivity (Wildman–Crippen MR) is 83.0 cm³/mol. The van der Waals surface area contributed by atoms with Crippen LogP contribution in [-0.2, 0) is 0 Å². The number of rotatable bonds is 3. The van der Waals surface area contributed by atoms with Gasteiger partial charge in [0.05, 0.1) is 6.54 Å². The van der Waals surface area contributed by atoms with Gasteiger partial charge in [-0.25, -0.2) is 0 Å². The minimum atomic E-state index is 0.400. The van der Waals surface area contributed by atoms with Crippen LogP contribution >= 0.6 is 11.8 Å². The third-order valence-corrected chi connectivity index (χ3v) is 5.65. The van der Waals surface area contributed by atoms with Crippen molar-refractivity contribution < 1.29 is 0 Å². The van der Waals surface area contributed by atoms with Gasteiger partial charge in [0.25, 0.3) is 0 Å². The molecule has 0 bridgehead atoms. The normalized spacial score (nSPS) is 31.0. The van der Waals surface area contributed by atoms with Crippen molar-refractivity contribution in [2.75, 3.05) is 37.7 Å². The number of nitrogens with zero attached hydrogens (tertiary/aromatic N) is 2. The fourth-order valence-corrected chi connectivity index (χ4v) is 4.49. The van der Waals surface area contributed by atoms with Crippen molar-refractivity contribution in [1.82, 2.24) is 15.5 Å². The number of guanidine groups is 1. The summed E-state index contributed by atoms with van der Waals surface area (Å²) in [6.45, 7) is 6.70. The number of hydrogen-bond acceptors (Lipinski definition) is 5. The molecule has 2 heterocycles.